The molecule has 0 saturated carbocycles. The number of anilines is 1. The van der Waals surface area contributed by atoms with Gasteiger partial charge in [-0.2, -0.15) is 0 Å². The first-order valence-electron chi connectivity index (χ1n) is 5.67. The molecule has 0 aliphatic rings. The summed E-state index contributed by atoms with van der Waals surface area (Å²) in [6, 6.07) is 2.25. The molecule has 20 heavy (non-hydrogen) atoms. The quantitative estimate of drug-likeness (QED) is 0.757. The number of hydrogen-bond donors (Lipinski definition) is 2. The smallest absolute Gasteiger partial charge is 0.244 e. The molecule has 1 rings (SSSR count). The fourth-order valence-corrected chi connectivity index (χ4v) is 3.04. The number of halogens is 2. The number of likely N-dealkylation sites (N-methyl/N-ethyl adjacent to an activating group) is 1. The predicted octanol–water partition coefficient (Wildman–Crippen LogP) is 0.927. The maximum Gasteiger partial charge on any atom is 0.244 e. The summed E-state index contributed by atoms with van der Waals surface area (Å²) in [5.41, 5.74) is 5.58. The Hall–Kier alpha value is -1.19. The summed E-state index contributed by atoms with van der Waals surface area (Å²) in [7, 11) is -2.62. The van der Waals surface area contributed by atoms with E-state index >= 15 is 0 Å². The van der Waals surface area contributed by atoms with Crippen LogP contribution in [-0.4, -0.2) is 39.4 Å². The zero-order chi connectivity index (χ0) is 15.5. The van der Waals surface area contributed by atoms with E-state index in [4.69, 9.17) is 5.73 Å². The summed E-state index contributed by atoms with van der Waals surface area (Å²) in [5, 5.41) is 0. The minimum Gasteiger partial charge on any atom is -0.399 e. The minimum absolute atomic E-state index is 0.0603. The maximum atomic E-state index is 13.8. The second kappa shape index (κ2) is 6.51. The molecule has 0 heterocycles. The number of amides is 1. The molecule has 0 spiro atoms. The largest absolute Gasteiger partial charge is 0.399 e. The highest BCUT2D eigenvalue weighted by Gasteiger charge is 2.23. The van der Waals surface area contributed by atoms with Crippen LogP contribution in [0.5, 0.6) is 0 Å². The van der Waals surface area contributed by atoms with E-state index in [9.17, 15) is 17.6 Å². The van der Waals surface area contributed by atoms with Crippen molar-refractivity contribution in [3.8, 4) is 0 Å². The van der Waals surface area contributed by atoms with Gasteiger partial charge in [-0.1, -0.05) is 0 Å². The molecule has 0 aliphatic heterocycles. The average molecular weight is 368 g/mol. The molecular weight excluding hydrogens is 353 g/mol. The molecule has 0 bridgehead atoms. The molecule has 0 saturated heterocycles. The van der Waals surface area contributed by atoms with Crippen LogP contribution in [0, 0.1) is 5.82 Å². The molecule has 0 atom stereocenters. The van der Waals surface area contributed by atoms with Crippen molar-refractivity contribution in [1.82, 2.24) is 9.62 Å². The Kier molecular flexibility index (Phi) is 5.49. The molecule has 0 fully saturated rings. The lowest BCUT2D eigenvalue weighted by molar-refractivity contribution is -0.128. The van der Waals surface area contributed by atoms with Gasteiger partial charge in [0, 0.05) is 19.3 Å². The highest BCUT2D eigenvalue weighted by molar-refractivity contribution is 9.10. The fraction of sp³-hybridized carbons (Fsp3) is 0.364. The number of nitrogens with two attached hydrogens (primary N) is 1. The van der Waals surface area contributed by atoms with E-state index in [2.05, 4.69) is 20.7 Å². The number of nitrogens with zero attached hydrogens (tertiary/aromatic N) is 1. The van der Waals surface area contributed by atoms with Gasteiger partial charge in [-0.3, -0.25) is 4.79 Å². The minimum atomic E-state index is -4.16. The van der Waals surface area contributed by atoms with Crippen molar-refractivity contribution in [3.63, 3.8) is 0 Å². The SMILES string of the molecule is CCN(C)C(=O)CNS(=O)(=O)c1cc(N)cc(Br)c1F. The van der Waals surface area contributed by atoms with E-state index in [1.54, 1.807) is 6.92 Å². The van der Waals surface area contributed by atoms with Gasteiger partial charge in [0.15, 0.2) is 5.82 Å². The van der Waals surface area contributed by atoms with Gasteiger partial charge in [0.1, 0.15) is 4.90 Å². The Morgan fingerprint density at radius 3 is 2.65 bits per heavy atom. The van der Waals surface area contributed by atoms with Crippen LogP contribution in [0.4, 0.5) is 10.1 Å². The number of hydrogen-bond acceptors (Lipinski definition) is 4. The molecule has 1 aromatic rings. The Labute approximate surface area is 125 Å². The van der Waals surface area contributed by atoms with Gasteiger partial charge < -0.3 is 10.6 Å². The van der Waals surface area contributed by atoms with Crippen molar-refractivity contribution in [3.05, 3.63) is 22.4 Å². The van der Waals surface area contributed by atoms with Crippen LogP contribution in [-0.2, 0) is 14.8 Å². The average Bonchev–Trinajstić information content (AvgIpc) is 2.39. The summed E-state index contributed by atoms with van der Waals surface area (Å²) < 4.78 is 39.7. The fourth-order valence-electron chi connectivity index (χ4n) is 1.33. The van der Waals surface area contributed by atoms with Gasteiger partial charge in [0.25, 0.3) is 0 Å². The van der Waals surface area contributed by atoms with Gasteiger partial charge in [-0.05, 0) is 35.0 Å². The number of benzene rings is 1. The molecule has 0 aliphatic carbocycles. The molecular formula is C11H15BrFN3O3S. The third-order valence-corrected chi connectivity index (χ3v) is 4.60. The number of nitrogens with one attached hydrogen (secondary N) is 1. The van der Waals surface area contributed by atoms with Crippen LogP contribution in [0.3, 0.4) is 0 Å². The molecule has 112 valence electrons. The summed E-state index contributed by atoms with van der Waals surface area (Å²) in [4.78, 5) is 12.3. The second-order valence-corrected chi connectivity index (χ2v) is 6.64. The van der Waals surface area contributed by atoms with Crippen molar-refractivity contribution < 1.29 is 17.6 Å². The first kappa shape index (κ1) is 16.9. The third kappa shape index (κ3) is 3.90. The normalized spacial score (nSPS) is 11.4. The number of carbonyl (C=O) groups excluding carboxylic acids is 1. The second-order valence-electron chi connectivity index (χ2n) is 4.05. The summed E-state index contributed by atoms with van der Waals surface area (Å²) in [5.74, 6) is -1.37. The van der Waals surface area contributed by atoms with E-state index in [1.807, 2.05) is 0 Å². The van der Waals surface area contributed by atoms with Gasteiger partial charge in [0.2, 0.25) is 15.9 Å². The predicted molar refractivity (Wildman–Crippen MR) is 77.0 cm³/mol. The topological polar surface area (TPSA) is 92.5 Å². The number of sulfonamides is 1. The molecule has 9 heteroatoms. The van der Waals surface area contributed by atoms with E-state index < -0.39 is 33.2 Å². The summed E-state index contributed by atoms with van der Waals surface area (Å²) in [6.07, 6.45) is 0. The first-order chi connectivity index (χ1) is 9.19. The van der Waals surface area contributed by atoms with E-state index in [0.717, 1.165) is 6.07 Å². The van der Waals surface area contributed by atoms with Gasteiger partial charge in [-0.25, -0.2) is 17.5 Å². The van der Waals surface area contributed by atoms with Crippen LogP contribution >= 0.6 is 15.9 Å². The zero-order valence-electron chi connectivity index (χ0n) is 11.0. The van der Waals surface area contributed by atoms with Crippen molar-refractivity contribution in [2.24, 2.45) is 0 Å². The van der Waals surface area contributed by atoms with Gasteiger partial charge >= 0.3 is 0 Å². The Morgan fingerprint density at radius 1 is 1.50 bits per heavy atom. The zero-order valence-corrected chi connectivity index (χ0v) is 13.4. The molecule has 0 radical (unpaired) electrons. The standard InChI is InChI=1S/C11H15BrFN3O3S/c1-3-16(2)10(17)6-15-20(18,19)9-5-7(14)4-8(12)11(9)13/h4-5,15H,3,6,14H2,1-2H3. The Morgan fingerprint density at radius 2 is 2.10 bits per heavy atom. The van der Waals surface area contributed by atoms with Gasteiger partial charge in [-0.15, -0.1) is 0 Å². The lowest BCUT2D eigenvalue weighted by Gasteiger charge is -2.15. The third-order valence-electron chi connectivity index (χ3n) is 2.62. The number of rotatable bonds is 5. The molecule has 0 aromatic heterocycles. The summed E-state index contributed by atoms with van der Waals surface area (Å²) >= 11 is 2.88. The van der Waals surface area contributed by atoms with Crippen LogP contribution in [0.25, 0.3) is 0 Å². The van der Waals surface area contributed by atoms with Crippen LogP contribution in [0.1, 0.15) is 6.92 Å². The molecule has 1 aromatic carbocycles. The molecule has 0 unspecified atom stereocenters. The lowest BCUT2D eigenvalue weighted by atomic mass is 10.3. The van der Waals surface area contributed by atoms with Crippen molar-refractivity contribution >= 4 is 37.5 Å². The van der Waals surface area contributed by atoms with Crippen LogP contribution in [0.2, 0.25) is 0 Å². The van der Waals surface area contributed by atoms with Crippen molar-refractivity contribution in [2.75, 3.05) is 25.9 Å². The van der Waals surface area contributed by atoms with Crippen LogP contribution in [0.15, 0.2) is 21.5 Å². The molecule has 1 amide bonds. The first-order valence-corrected chi connectivity index (χ1v) is 7.94. The van der Waals surface area contributed by atoms with Gasteiger partial charge in [0.05, 0.1) is 11.0 Å². The molecule has 6 nitrogen and oxygen atoms in total. The monoisotopic (exact) mass is 367 g/mol. The number of carbonyl (C=O) groups is 1. The highest BCUT2D eigenvalue weighted by atomic mass is 79.9. The Bertz CT molecular complexity index is 622. The van der Waals surface area contributed by atoms with Crippen molar-refractivity contribution in [1.29, 1.82) is 0 Å². The van der Waals surface area contributed by atoms with Crippen LogP contribution < -0.4 is 10.5 Å². The lowest BCUT2D eigenvalue weighted by Crippen LogP contribution is -2.38. The maximum absolute atomic E-state index is 13.8. The van der Waals surface area contributed by atoms with E-state index in [-0.39, 0.29) is 10.2 Å². The Balaban J connectivity index is 2.98. The van der Waals surface area contributed by atoms with Crippen molar-refractivity contribution in [2.45, 2.75) is 11.8 Å². The number of nitrogen functional groups attached to an aromatic ring is 1. The van der Waals surface area contributed by atoms with E-state index in [1.165, 1.54) is 18.0 Å². The highest BCUT2D eigenvalue weighted by Crippen LogP contribution is 2.25. The summed E-state index contributed by atoms with van der Waals surface area (Å²) in [6.45, 7) is 1.75. The molecule has 3 N–H and O–H groups in total. The van der Waals surface area contributed by atoms with E-state index in [0.29, 0.717) is 6.54 Å².